The molecule has 2 aromatic rings. The average molecular weight is 394 g/mol. The van der Waals surface area contributed by atoms with E-state index < -0.39 is 0 Å². The summed E-state index contributed by atoms with van der Waals surface area (Å²) in [6.07, 6.45) is 1.53. The van der Waals surface area contributed by atoms with Crippen molar-refractivity contribution < 1.29 is 14.1 Å². The van der Waals surface area contributed by atoms with Gasteiger partial charge in [-0.25, -0.2) is 0 Å². The van der Waals surface area contributed by atoms with E-state index in [0.29, 0.717) is 18.9 Å². The van der Waals surface area contributed by atoms with Crippen LogP contribution < -0.4 is 10.1 Å². The second kappa shape index (κ2) is 9.76. The van der Waals surface area contributed by atoms with E-state index in [1.165, 1.54) is 0 Å². The lowest BCUT2D eigenvalue weighted by molar-refractivity contribution is -0.129. The molecule has 1 N–H and O–H groups in total. The Morgan fingerprint density at radius 3 is 2.70 bits per heavy atom. The predicted octanol–water partition coefficient (Wildman–Crippen LogP) is 2.90. The average Bonchev–Trinajstić information content (AvgIpc) is 3.22. The maximum absolute atomic E-state index is 12.5. The number of nitrogens with one attached hydrogen (secondary N) is 1. The molecule has 1 aliphatic rings. The fraction of sp³-hybridized carbons (Fsp3) is 0.500. The second-order valence-electron chi connectivity index (χ2n) is 6.96. The first-order chi connectivity index (χ1) is 12.6. The van der Waals surface area contributed by atoms with E-state index >= 15 is 0 Å². The topological polar surface area (TPSA) is 67.6 Å². The SMILES string of the molecule is CNCC1CCN(C(=O)Cc2ccc(OCc3c(C)noc3C)cc2)C1.Cl. The van der Waals surface area contributed by atoms with Crippen LogP contribution in [0.4, 0.5) is 0 Å². The van der Waals surface area contributed by atoms with Gasteiger partial charge in [-0.2, -0.15) is 0 Å². The van der Waals surface area contributed by atoms with E-state index in [4.69, 9.17) is 9.26 Å². The number of hydrogen-bond acceptors (Lipinski definition) is 5. The third kappa shape index (κ3) is 5.47. The number of aromatic nitrogens is 1. The number of carbonyl (C=O) groups is 1. The quantitative estimate of drug-likeness (QED) is 0.783. The van der Waals surface area contributed by atoms with Gasteiger partial charge < -0.3 is 19.5 Å². The fourth-order valence-electron chi connectivity index (χ4n) is 3.37. The fourth-order valence-corrected chi connectivity index (χ4v) is 3.37. The van der Waals surface area contributed by atoms with Crippen LogP contribution in [-0.4, -0.2) is 42.6 Å². The third-order valence-electron chi connectivity index (χ3n) is 4.97. The first-order valence-corrected chi connectivity index (χ1v) is 9.12. The molecule has 1 atom stereocenters. The zero-order chi connectivity index (χ0) is 18.5. The van der Waals surface area contributed by atoms with Crippen LogP contribution in [0.2, 0.25) is 0 Å². The lowest BCUT2D eigenvalue weighted by atomic mass is 10.1. The van der Waals surface area contributed by atoms with Gasteiger partial charge in [0.2, 0.25) is 5.91 Å². The minimum atomic E-state index is 0. The molecule has 1 amide bonds. The molecule has 3 rings (SSSR count). The molecule has 27 heavy (non-hydrogen) atoms. The highest BCUT2D eigenvalue weighted by Gasteiger charge is 2.25. The Hall–Kier alpha value is -2.05. The number of carbonyl (C=O) groups excluding carboxylic acids is 1. The van der Waals surface area contributed by atoms with Gasteiger partial charge in [0, 0.05) is 13.1 Å². The predicted molar refractivity (Wildman–Crippen MR) is 106 cm³/mol. The maximum Gasteiger partial charge on any atom is 0.226 e. The third-order valence-corrected chi connectivity index (χ3v) is 4.97. The van der Waals surface area contributed by atoms with Crippen molar-refractivity contribution in [3.05, 3.63) is 46.8 Å². The molecule has 0 spiro atoms. The normalized spacial score (nSPS) is 16.3. The van der Waals surface area contributed by atoms with Crippen LogP contribution in [0.5, 0.6) is 5.75 Å². The molecule has 2 heterocycles. The molecule has 1 unspecified atom stereocenters. The standard InChI is InChI=1S/C20H27N3O3.ClH/c1-14-19(15(2)26-22-14)13-25-18-6-4-16(5-7-18)10-20(24)23-9-8-17(12-23)11-21-3;/h4-7,17,21H,8-13H2,1-3H3;1H. The number of nitrogens with zero attached hydrogens (tertiary/aromatic N) is 2. The molecule has 1 fully saturated rings. The van der Waals surface area contributed by atoms with Crippen LogP contribution in [0.25, 0.3) is 0 Å². The van der Waals surface area contributed by atoms with Gasteiger partial charge in [0.1, 0.15) is 18.1 Å². The molecule has 1 saturated heterocycles. The van der Waals surface area contributed by atoms with Crippen molar-refractivity contribution in [2.24, 2.45) is 5.92 Å². The molecule has 0 aliphatic carbocycles. The smallest absolute Gasteiger partial charge is 0.226 e. The lowest BCUT2D eigenvalue weighted by Crippen LogP contribution is -2.31. The Morgan fingerprint density at radius 2 is 2.07 bits per heavy atom. The van der Waals surface area contributed by atoms with Crippen LogP contribution in [0.3, 0.4) is 0 Å². The molecule has 148 valence electrons. The van der Waals surface area contributed by atoms with Gasteiger partial charge in [-0.05, 0) is 57.5 Å². The van der Waals surface area contributed by atoms with Gasteiger partial charge in [0.15, 0.2) is 0 Å². The van der Waals surface area contributed by atoms with E-state index in [1.54, 1.807) is 0 Å². The summed E-state index contributed by atoms with van der Waals surface area (Å²) in [4.78, 5) is 14.4. The summed E-state index contributed by atoms with van der Waals surface area (Å²) in [5, 5.41) is 7.12. The number of rotatable bonds is 7. The number of halogens is 1. The Kier molecular flexibility index (Phi) is 7.68. The van der Waals surface area contributed by atoms with Gasteiger partial charge >= 0.3 is 0 Å². The second-order valence-corrected chi connectivity index (χ2v) is 6.96. The van der Waals surface area contributed by atoms with E-state index in [-0.39, 0.29) is 18.3 Å². The first-order valence-electron chi connectivity index (χ1n) is 9.12. The molecular formula is C20H28ClN3O3. The molecule has 0 radical (unpaired) electrons. The number of aryl methyl sites for hydroxylation is 2. The number of benzene rings is 1. The zero-order valence-corrected chi connectivity index (χ0v) is 17.0. The molecule has 0 saturated carbocycles. The minimum absolute atomic E-state index is 0. The summed E-state index contributed by atoms with van der Waals surface area (Å²) in [7, 11) is 1.96. The largest absolute Gasteiger partial charge is 0.489 e. The maximum atomic E-state index is 12.5. The Labute approximate surface area is 166 Å². The van der Waals surface area contributed by atoms with Crippen molar-refractivity contribution in [3.8, 4) is 5.75 Å². The molecular weight excluding hydrogens is 366 g/mol. The van der Waals surface area contributed by atoms with Gasteiger partial charge in [0.25, 0.3) is 0 Å². The highest BCUT2D eigenvalue weighted by molar-refractivity contribution is 5.85. The van der Waals surface area contributed by atoms with E-state index in [1.807, 2.05) is 50.1 Å². The Balaban J connectivity index is 0.00000261. The zero-order valence-electron chi connectivity index (χ0n) is 16.2. The van der Waals surface area contributed by atoms with Crippen LogP contribution in [-0.2, 0) is 17.8 Å². The summed E-state index contributed by atoms with van der Waals surface area (Å²) in [6, 6.07) is 7.74. The number of ether oxygens (including phenoxy) is 1. The molecule has 0 bridgehead atoms. The highest BCUT2D eigenvalue weighted by atomic mass is 35.5. The van der Waals surface area contributed by atoms with Gasteiger partial charge in [0.05, 0.1) is 17.7 Å². The first kappa shape index (κ1) is 21.3. The van der Waals surface area contributed by atoms with Crippen molar-refractivity contribution >= 4 is 18.3 Å². The highest BCUT2D eigenvalue weighted by Crippen LogP contribution is 2.20. The molecule has 1 aromatic carbocycles. The van der Waals surface area contributed by atoms with Gasteiger partial charge in [-0.3, -0.25) is 4.79 Å². The van der Waals surface area contributed by atoms with Crippen LogP contribution in [0.15, 0.2) is 28.8 Å². The molecule has 1 aromatic heterocycles. The van der Waals surface area contributed by atoms with Crippen molar-refractivity contribution in [2.45, 2.75) is 33.3 Å². The van der Waals surface area contributed by atoms with Crippen LogP contribution in [0.1, 0.15) is 29.0 Å². The monoisotopic (exact) mass is 393 g/mol. The Bertz CT molecular complexity index is 726. The molecule has 7 heteroatoms. The van der Waals surface area contributed by atoms with Crippen molar-refractivity contribution in [1.29, 1.82) is 0 Å². The van der Waals surface area contributed by atoms with Crippen LogP contribution in [0, 0.1) is 19.8 Å². The van der Waals surface area contributed by atoms with Crippen molar-refractivity contribution in [3.63, 3.8) is 0 Å². The van der Waals surface area contributed by atoms with Gasteiger partial charge in [-0.15, -0.1) is 12.4 Å². The van der Waals surface area contributed by atoms with Crippen LogP contribution >= 0.6 is 12.4 Å². The van der Waals surface area contributed by atoms with E-state index in [2.05, 4.69) is 10.5 Å². The summed E-state index contributed by atoms with van der Waals surface area (Å²) < 4.78 is 11.0. The number of hydrogen-bond donors (Lipinski definition) is 1. The van der Waals surface area contributed by atoms with Gasteiger partial charge in [-0.1, -0.05) is 17.3 Å². The summed E-state index contributed by atoms with van der Waals surface area (Å²) in [6.45, 7) is 6.92. The minimum Gasteiger partial charge on any atom is -0.489 e. The summed E-state index contributed by atoms with van der Waals surface area (Å²) in [5.74, 6) is 2.33. The molecule has 1 aliphatic heterocycles. The summed E-state index contributed by atoms with van der Waals surface area (Å²) in [5.41, 5.74) is 2.85. The van der Waals surface area contributed by atoms with E-state index in [9.17, 15) is 4.79 Å². The van der Waals surface area contributed by atoms with Crippen molar-refractivity contribution in [2.75, 3.05) is 26.7 Å². The van der Waals surface area contributed by atoms with Crippen molar-refractivity contribution in [1.82, 2.24) is 15.4 Å². The molecule has 6 nitrogen and oxygen atoms in total. The summed E-state index contributed by atoms with van der Waals surface area (Å²) >= 11 is 0. The Morgan fingerprint density at radius 1 is 1.33 bits per heavy atom. The number of likely N-dealkylation sites (tertiary alicyclic amines) is 1. The lowest BCUT2D eigenvalue weighted by Gasteiger charge is -2.16. The van der Waals surface area contributed by atoms with E-state index in [0.717, 1.165) is 54.4 Å². The number of amides is 1.